The molecule has 2 fully saturated rings. The quantitative estimate of drug-likeness (QED) is 0.624. The lowest BCUT2D eigenvalue weighted by Gasteiger charge is -2.37. The van der Waals surface area contributed by atoms with Crippen LogP contribution >= 0.6 is 0 Å². The number of hydrogen-bond donors (Lipinski definition) is 1. The van der Waals surface area contributed by atoms with E-state index >= 15 is 0 Å². The summed E-state index contributed by atoms with van der Waals surface area (Å²) < 4.78 is 10.7. The van der Waals surface area contributed by atoms with Gasteiger partial charge in [0.15, 0.2) is 0 Å². The van der Waals surface area contributed by atoms with E-state index in [2.05, 4.69) is 27.8 Å². The van der Waals surface area contributed by atoms with Gasteiger partial charge in [0.1, 0.15) is 5.82 Å². The second kappa shape index (κ2) is 10.9. The van der Waals surface area contributed by atoms with Crippen LogP contribution in [0.4, 0.5) is 16.3 Å². The van der Waals surface area contributed by atoms with Crippen molar-refractivity contribution in [2.75, 3.05) is 62.8 Å². The Kier molecular flexibility index (Phi) is 7.75. The van der Waals surface area contributed by atoms with E-state index in [1.54, 1.807) is 0 Å². The number of benzene rings is 1. The molecule has 0 aliphatic carbocycles. The maximum absolute atomic E-state index is 12.7. The molecule has 1 N–H and O–H groups in total. The molecule has 9 heteroatoms. The van der Waals surface area contributed by atoms with E-state index in [-0.39, 0.29) is 5.97 Å². The van der Waals surface area contributed by atoms with Gasteiger partial charge in [0.05, 0.1) is 12.7 Å². The van der Waals surface area contributed by atoms with Gasteiger partial charge >= 0.3 is 12.1 Å². The molecule has 0 unspecified atom stereocenters. The molecule has 2 aliphatic heterocycles. The lowest BCUT2D eigenvalue weighted by molar-refractivity contribution is 0.0599. The molecule has 0 spiro atoms. The normalized spacial score (nSPS) is 16.8. The fourth-order valence-electron chi connectivity index (χ4n) is 4.98. The number of aromatic nitrogens is 1. The van der Waals surface area contributed by atoms with Gasteiger partial charge in [0.25, 0.3) is 0 Å². The molecule has 0 saturated carbocycles. The van der Waals surface area contributed by atoms with Crippen LogP contribution in [0.3, 0.4) is 0 Å². The number of carbonyl (C=O) groups is 2. The first-order valence-corrected chi connectivity index (χ1v) is 12.2. The molecule has 1 aromatic carbocycles. The van der Waals surface area contributed by atoms with E-state index in [0.29, 0.717) is 37.8 Å². The van der Waals surface area contributed by atoms with Crippen molar-refractivity contribution < 1.29 is 24.2 Å². The van der Waals surface area contributed by atoms with Crippen molar-refractivity contribution >= 4 is 23.6 Å². The van der Waals surface area contributed by atoms with Gasteiger partial charge in [-0.05, 0) is 62.1 Å². The first-order chi connectivity index (χ1) is 16.9. The Balaban J connectivity index is 1.64. The summed E-state index contributed by atoms with van der Waals surface area (Å²) in [5.41, 5.74) is 4.32. The molecule has 1 aromatic heterocycles. The predicted molar refractivity (Wildman–Crippen MR) is 134 cm³/mol. The van der Waals surface area contributed by atoms with Crippen LogP contribution in [0.25, 0.3) is 11.1 Å². The largest absolute Gasteiger partial charge is 0.465 e. The number of anilines is 2. The molecule has 188 valence electrons. The SMILES string of the molecule is CCN(c1cc(-c2ccc(N3CCN(C(=O)O)CC3)nc2)cc(C(=O)OC)c1C)C1CCOCC1. The fourth-order valence-corrected chi connectivity index (χ4v) is 4.98. The van der Waals surface area contributed by atoms with Crippen molar-refractivity contribution in [2.45, 2.75) is 32.7 Å². The molecule has 2 saturated heterocycles. The number of piperazine rings is 1. The van der Waals surface area contributed by atoms with Crippen LogP contribution in [-0.4, -0.2) is 86.1 Å². The van der Waals surface area contributed by atoms with Crippen molar-refractivity contribution in [2.24, 2.45) is 0 Å². The first-order valence-electron chi connectivity index (χ1n) is 12.2. The van der Waals surface area contributed by atoms with Gasteiger partial charge in [-0.3, -0.25) is 0 Å². The number of carbonyl (C=O) groups excluding carboxylic acids is 1. The third-order valence-corrected chi connectivity index (χ3v) is 7.02. The number of nitrogens with zero attached hydrogens (tertiary/aromatic N) is 4. The van der Waals surface area contributed by atoms with Gasteiger partial charge < -0.3 is 29.3 Å². The lowest BCUT2D eigenvalue weighted by atomic mass is 9.96. The molecule has 4 rings (SSSR count). The average Bonchev–Trinajstić information content (AvgIpc) is 2.90. The van der Waals surface area contributed by atoms with Gasteiger partial charge in [0.2, 0.25) is 0 Å². The molecule has 35 heavy (non-hydrogen) atoms. The van der Waals surface area contributed by atoms with Crippen LogP contribution < -0.4 is 9.80 Å². The molecule has 0 atom stereocenters. The number of rotatable bonds is 6. The summed E-state index contributed by atoms with van der Waals surface area (Å²) in [6.45, 7) is 8.57. The van der Waals surface area contributed by atoms with Crippen LogP contribution in [0, 0.1) is 6.92 Å². The highest BCUT2D eigenvalue weighted by Gasteiger charge is 2.25. The van der Waals surface area contributed by atoms with E-state index in [1.165, 1.54) is 12.0 Å². The van der Waals surface area contributed by atoms with Crippen LogP contribution in [-0.2, 0) is 9.47 Å². The van der Waals surface area contributed by atoms with Gasteiger partial charge in [0, 0.05) is 69.4 Å². The summed E-state index contributed by atoms with van der Waals surface area (Å²) in [5, 5.41) is 9.17. The van der Waals surface area contributed by atoms with E-state index in [1.807, 2.05) is 31.3 Å². The Labute approximate surface area is 206 Å². The van der Waals surface area contributed by atoms with Gasteiger partial charge in [-0.2, -0.15) is 0 Å². The minimum absolute atomic E-state index is 0.352. The second-order valence-corrected chi connectivity index (χ2v) is 8.95. The summed E-state index contributed by atoms with van der Waals surface area (Å²) >= 11 is 0. The number of amides is 1. The molecule has 1 amide bonds. The Hall–Kier alpha value is -3.33. The highest BCUT2D eigenvalue weighted by Crippen LogP contribution is 2.34. The number of carboxylic acid groups (broad SMARTS) is 1. The van der Waals surface area contributed by atoms with Crippen molar-refractivity contribution in [3.8, 4) is 11.1 Å². The summed E-state index contributed by atoms with van der Waals surface area (Å²) in [6.07, 6.45) is 2.85. The Morgan fingerprint density at radius 3 is 2.43 bits per heavy atom. The van der Waals surface area contributed by atoms with Gasteiger partial charge in [-0.25, -0.2) is 14.6 Å². The van der Waals surface area contributed by atoms with E-state index < -0.39 is 6.09 Å². The van der Waals surface area contributed by atoms with E-state index in [9.17, 15) is 9.59 Å². The maximum Gasteiger partial charge on any atom is 0.407 e. The number of esters is 1. The van der Waals surface area contributed by atoms with Crippen LogP contribution in [0.15, 0.2) is 30.5 Å². The minimum Gasteiger partial charge on any atom is -0.465 e. The maximum atomic E-state index is 12.7. The Morgan fingerprint density at radius 2 is 1.86 bits per heavy atom. The summed E-state index contributed by atoms with van der Waals surface area (Å²) in [6, 6.07) is 8.34. The molecule has 3 heterocycles. The van der Waals surface area contributed by atoms with Crippen molar-refractivity contribution in [1.82, 2.24) is 9.88 Å². The third kappa shape index (κ3) is 5.35. The highest BCUT2D eigenvalue weighted by molar-refractivity contribution is 5.95. The molecular weight excluding hydrogens is 448 g/mol. The summed E-state index contributed by atoms with van der Waals surface area (Å²) in [4.78, 5) is 34.4. The molecule has 2 aromatic rings. The summed E-state index contributed by atoms with van der Waals surface area (Å²) in [7, 11) is 1.41. The standard InChI is InChI=1S/C26H34N4O5/c1-4-30(21-7-13-35-14-8-21)23-16-20(15-22(18(23)2)25(31)34-3)19-5-6-24(27-17-19)28-9-11-29(12-10-28)26(32)33/h5-6,15-17,21H,4,7-14H2,1-3H3,(H,32,33). The Morgan fingerprint density at radius 1 is 1.14 bits per heavy atom. The minimum atomic E-state index is -0.883. The third-order valence-electron chi connectivity index (χ3n) is 7.02. The number of hydrogen-bond acceptors (Lipinski definition) is 7. The highest BCUT2D eigenvalue weighted by atomic mass is 16.5. The number of methoxy groups -OCH3 is 1. The van der Waals surface area contributed by atoms with E-state index in [0.717, 1.165) is 60.8 Å². The summed E-state index contributed by atoms with van der Waals surface area (Å²) in [5.74, 6) is 0.464. The number of ether oxygens (including phenoxy) is 2. The smallest absolute Gasteiger partial charge is 0.407 e. The zero-order valence-electron chi connectivity index (χ0n) is 20.7. The van der Waals surface area contributed by atoms with Crippen molar-refractivity contribution in [1.29, 1.82) is 0 Å². The Bertz CT molecular complexity index is 1040. The van der Waals surface area contributed by atoms with Gasteiger partial charge in [-0.15, -0.1) is 0 Å². The molecule has 0 bridgehead atoms. The topological polar surface area (TPSA) is 95.4 Å². The zero-order chi connectivity index (χ0) is 24.9. The van der Waals surface area contributed by atoms with Gasteiger partial charge in [-0.1, -0.05) is 0 Å². The van der Waals surface area contributed by atoms with Crippen LogP contribution in [0.5, 0.6) is 0 Å². The van der Waals surface area contributed by atoms with Crippen LogP contribution in [0.2, 0.25) is 0 Å². The fraction of sp³-hybridized carbons (Fsp3) is 0.500. The number of pyridine rings is 1. The lowest BCUT2D eigenvalue weighted by Crippen LogP contribution is -2.48. The second-order valence-electron chi connectivity index (χ2n) is 8.95. The van der Waals surface area contributed by atoms with E-state index in [4.69, 9.17) is 14.6 Å². The van der Waals surface area contributed by atoms with Crippen molar-refractivity contribution in [3.05, 3.63) is 41.6 Å². The van der Waals surface area contributed by atoms with Crippen LogP contribution in [0.1, 0.15) is 35.7 Å². The van der Waals surface area contributed by atoms with Crippen molar-refractivity contribution in [3.63, 3.8) is 0 Å². The first kappa shape index (κ1) is 24.8. The molecule has 9 nitrogen and oxygen atoms in total. The molecular formula is C26H34N4O5. The predicted octanol–water partition coefficient (Wildman–Crippen LogP) is 3.65. The monoisotopic (exact) mass is 482 g/mol. The molecule has 0 radical (unpaired) electrons. The zero-order valence-corrected chi connectivity index (χ0v) is 20.7. The molecule has 2 aliphatic rings. The average molecular weight is 483 g/mol.